The molecule has 0 fully saturated rings. The average molecular weight is 173 g/mol. The van der Waals surface area contributed by atoms with Gasteiger partial charge in [-0.2, -0.15) is 0 Å². The molecule has 0 saturated heterocycles. The molecule has 2 unspecified atom stereocenters. The maximum Gasteiger partial charge on any atom is 0.0465 e. The smallest absolute Gasteiger partial charge is 0.0465 e. The monoisotopic (exact) mass is 173 g/mol. The lowest BCUT2D eigenvalue weighted by molar-refractivity contribution is 0.154. The molecule has 0 heterocycles. The Hall–Kier alpha value is -0.0800. The third-order valence-electron chi connectivity index (χ3n) is 2.39. The van der Waals surface area contributed by atoms with E-state index in [4.69, 9.17) is 10.5 Å². The van der Waals surface area contributed by atoms with Crippen molar-refractivity contribution in [2.75, 3.05) is 13.7 Å². The first-order chi connectivity index (χ1) is 5.39. The van der Waals surface area contributed by atoms with Crippen LogP contribution in [0.5, 0.6) is 0 Å². The summed E-state index contributed by atoms with van der Waals surface area (Å²) in [5, 5.41) is 0. The first-order valence-corrected chi connectivity index (χ1v) is 4.64. The molecule has 0 spiro atoms. The summed E-state index contributed by atoms with van der Waals surface area (Å²) in [6, 6.07) is 0.257. The average Bonchev–Trinajstić information content (AvgIpc) is 1.97. The van der Waals surface area contributed by atoms with Crippen LogP contribution in [0.25, 0.3) is 0 Å². The van der Waals surface area contributed by atoms with Crippen molar-refractivity contribution < 1.29 is 4.74 Å². The van der Waals surface area contributed by atoms with Crippen molar-refractivity contribution in [1.29, 1.82) is 0 Å². The van der Waals surface area contributed by atoms with Crippen LogP contribution in [0, 0.1) is 11.3 Å². The van der Waals surface area contributed by atoms with Crippen LogP contribution in [-0.4, -0.2) is 19.8 Å². The van der Waals surface area contributed by atoms with Crippen LogP contribution in [0.1, 0.15) is 34.1 Å². The van der Waals surface area contributed by atoms with Crippen molar-refractivity contribution in [3.8, 4) is 0 Å². The zero-order valence-corrected chi connectivity index (χ0v) is 9.05. The summed E-state index contributed by atoms with van der Waals surface area (Å²) in [6.45, 7) is 9.54. The Labute approximate surface area is 76.5 Å². The normalized spacial score (nSPS) is 17.5. The molecular weight excluding hydrogens is 150 g/mol. The van der Waals surface area contributed by atoms with Gasteiger partial charge in [-0.1, -0.05) is 27.7 Å². The van der Waals surface area contributed by atoms with Gasteiger partial charge in [0.15, 0.2) is 0 Å². The number of hydrogen-bond acceptors (Lipinski definition) is 2. The fourth-order valence-corrected chi connectivity index (χ4v) is 1.34. The second-order valence-electron chi connectivity index (χ2n) is 4.65. The van der Waals surface area contributed by atoms with E-state index in [2.05, 4.69) is 27.7 Å². The zero-order valence-electron chi connectivity index (χ0n) is 9.05. The van der Waals surface area contributed by atoms with Gasteiger partial charge in [0.05, 0.1) is 0 Å². The number of rotatable bonds is 4. The Morgan fingerprint density at radius 1 is 1.33 bits per heavy atom. The summed E-state index contributed by atoms with van der Waals surface area (Å²) in [4.78, 5) is 0. The summed E-state index contributed by atoms with van der Waals surface area (Å²) in [6.07, 6.45) is 1.05. The van der Waals surface area contributed by atoms with Gasteiger partial charge in [-0.05, 0) is 17.8 Å². The van der Waals surface area contributed by atoms with Crippen LogP contribution >= 0.6 is 0 Å². The standard InChI is InChI=1S/C10H23NO/c1-8(6-7-12-5)9(11)10(2,3)4/h8-9H,6-7,11H2,1-5H3. The first-order valence-electron chi connectivity index (χ1n) is 4.64. The molecule has 0 aliphatic heterocycles. The summed E-state index contributed by atoms with van der Waals surface area (Å²) in [5.41, 5.74) is 6.28. The largest absolute Gasteiger partial charge is 0.385 e. The number of methoxy groups -OCH3 is 1. The molecule has 0 bridgehead atoms. The van der Waals surface area contributed by atoms with Crippen molar-refractivity contribution in [3.63, 3.8) is 0 Å². The van der Waals surface area contributed by atoms with E-state index in [0.29, 0.717) is 5.92 Å². The number of ether oxygens (including phenoxy) is 1. The Balaban J connectivity index is 3.84. The molecule has 2 N–H and O–H groups in total. The molecule has 0 radical (unpaired) electrons. The topological polar surface area (TPSA) is 35.2 Å². The van der Waals surface area contributed by atoms with E-state index >= 15 is 0 Å². The quantitative estimate of drug-likeness (QED) is 0.706. The van der Waals surface area contributed by atoms with E-state index in [0.717, 1.165) is 13.0 Å². The molecule has 0 rings (SSSR count). The Kier molecular flexibility index (Phi) is 4.80. The Bertz CT molecular complexity index is 117. The molecule has 0 saturated carbocycles. The summed E-state index contributed by atoms with van der Waals surface area (Å²) < 4.78 is 5.02. The first kappa shape index (κ1) is 11.9. The fourth-order valence-electron chi connectivity index (χ4n) is 1.34. The van der Waals surface area contributed by atoms with Crippen molar-refractivity contribution in [1.82, 2.24) is 0 Å². The molecule has 74 valence electrons. The molecule has 0 aliphatic rings. The SMILES string of the molecule is COCCC(C)C(N)C(C)(C)C. The molecule has 0 amide bonds. The van der Waals surface area contributed by atoms with Crippen LogP contribution in [0.15, 0.2) is 0 Å². The van der Waals surface area contributed by atoms with E-state index in [1.807, 2.05) is 0 Å². The highest BCUT2D eigenvalue weighted by Crippen LogP contribution is 2.24. The van der Waals surface area contributed by atoms with E-state index in [1.54, 1.807) is 7.11 Å². The van der Waals surface area contributed by atoms with Crippen molar-refractivity contribution in [2.45, 2.75) is 40.2 Å². The van der Waals surface area contributed by atoms with Crippen LogP contribution in [-0.2, 0) is 4.74 Å². The maximum atomic E-state index is 6.08. The van der Waals surface area contributed by atoms with Gasteiger partial charge >= 0.3 is 0 Å². The van der Waals surface area contributed by atoms with Crippen LogP contribution < -0.4 is 5.73 Å². The minimum Gasteiger partial charge on any atom is -0.385 e. The van der Waals surface area contributed by atoms with Crippen LogP contribution in [0.2, 0.25) is 0 Å². The molecule has 12 heavy (non-hydrogen) atoms. The predicted octanol–water partition coefficient (Wildman–Crippen LogP) is 2.03. The molecule has 2 nitrogen and oxygen atoms in total. The van der Waals surface area contributed by atoms with Crippen LogP contribution in [0.3, 0.4) is 0 Å². The Morgan fingerprint density at radius 3 is 2.17 bits per heavy atom. The predicted molar refractivity (Wildman–Crippen MR) is 53.1 cm³/mol. The lowest BCUT2D eigenvalue weighted by Gasteiger charge is -2.32. The molecule has 0 aliphatic carbocycles. The van der Waals surface area contributed by atoms with Crippen molar-refractivity contribution >= 4 is 0 Å². The van der Waals surface area contributed by atoms with Gasteiger partial charge in [-0.3, -0.25) is 0 Å². The van der Waals surface area contributed by atoms with Crippen molar-refractivity contribution in [2.24, 2.45) is 17.1 Å². The molecule has 0 aromatic carbocycles. The third-order valence-corrected chi connectivity index (χ3v) is 2.39. The number of nitrogens with two attached hydrogens (primary N) is 1. The van der Waals surface area contributed by atoms with Crippen LogP contribution in [0.4, 0.5) is 0 Å². The molecule has 2 atom stereocenters. The molecule has 0 aromatic rings. The van der Waals surface area contributed by atoms with Gasteiger partial charge in [0.1, 0.15) is 0 Å². The van der Waals surface area contributed by atoms with Gasteiger partial charge in [-0.15, -0.1) is 0 Å². The lowest BCUT2D eigenvalue weighted by Crippen LogP contribution is -2.40. The molecule has 0 aromatic heterocycles. The molecular formula is C10H23NO. The highest BCUT2D eigenvalue weighted by Gasteiger charge is 2.25. The van der Waals surface area contributed by atoms with Gasteiger partial charge in [0.2, 0.25) is 0 Å². The van der Waals surface area contributed by atoms with Gasteiger partial charge in [-0.25, -0.2) is 0 Å². The summed E-state index contributed by atoms with van der Waals surface area (Å²) >= 11 is 0. The number of hydrogen-bond donors (Lipinski definition) is 1. The second kappa shape index (κ2) is 4.83. The zero-order chi connectivity index (χ0) is 9.78. The van der Waals surface area contributed by atoms with E-state index in [-0.39, 0.29) is 11.5 Å². The summed E-state index contributed by atoms with van der Waals surface area (Å²) in [5.74, 6) is 0.532. The lowest BCUT2D eigenvalue weighted by atomic mass is 9.79. The van der Waals surface area contributed by atoms with Crippen molar-refractivity contribution in [3.05, 3.63) is 0 Å². The van der Waals surface area contributed by atoms with E-state index in [1.165, 1.54) is 0 Å². The maximum absolute atomic E-state index is 6.08. The van der Waals surface area contributed by atoms with Gasteiger partial charge in [0.25, 0.3) is 0 Å². The van der Waals surface area contributed by atoms with E-state index in [9.17, 15) is 0 Å². The molecule has 2 heteroatoms. The van der Waals surface area contributed by atoms with Gasteiger partial charge < -0.3 is 10.5 Å². The highest BCUT2D eigenvalue weighted by atomic mass is 16.5. The highest BCUT2D eigenvalue weighted by molar-refractivity contribution is 4.81. The Morgan fingerprint density at radius 2 is 1.83 bits per heavy atom. The summed E-state index contributed by atoms with van der Waals surface area (Å²) in [7, 11) is 1.73. The fraction of sp³-hybridized carbons (Fsp3) is 1.00. The van der Waals surface area contributed by atoms with Gasteiger partial charge in [0, 0.05) is 19.8 Å². The second-order valence-corrected chi connectivity index (χ2v) is 4.65. The minimum absolute atomic E-state index is 0.202. The van der Waals surface area contributed by atoms with E-state index < -0.39 is 0 Å². The minimum atomic E-state index is 0.202. The third kappa shape index (κ3) is 4.07.